The van der Waals surface area contributed by atoms with Crippen molar-refractivity contribution >= 4 is 14.3 Å². The van der Waals surface area contributed by atoms with Gasteiger partial charge in [0.15, 0.2) is 8.32 Å². The summed E-state index contributed by atoms with van der Waals surface area (Å²) in [6, 6.07) is 7.82. The van der Waals surface area contributed by atoms with Crippen LogP contribution in [0.4, 0.5) is 0 Å². The molecule has 0 amide bonds. The summed E-state index contributed by atoms with van der Waals surface area (Å²) in [6.45, 7) is 14.3. The van der Waals surface area contributed by atoms with E-state index in [1.54, 1.807) is 13.2 Å². The van der Waals surface area contributed by atoms with Crippen molar-refractivity contribution in [3.8, 4) is 5.75 Å². The molecule has 0 bridgehead atoms. The molecule has 1 aromatic rings. The highest BCUT2D eigenvalue weighted by molar-refractivity contribution is 6.74. The molecule has 1 unspecified atom stereocenters. The highest BCUT2D eigenvalue weighted by atomic mass is 28.4. The van der Waals surface area contributed by atoms with Gasteiger partial charge in [0.1, 0.15) is 5.75 Å². The lowest BCUT2D eigenvalue weighted by molar-refractivity contribution is -0.134. The molecule has 0 saturated carbocycles. The highest BCUT2D eigenvalue weighted by Crippen LogP contribution is 2.38. The first-order valence-corrected chi connectivity index (χ1v) is 15.5. The Hall–Kier alpha value is -2.19. The zero-order chi connectivity index (χ0) is 26.8. The maximum absolute atomic E-state index is 11.7. The van der Waals surface area contributed by atoms with Gasteiger partial charge in [-0.25, -0.2) is 4.79 Å². The van der Waals surface area contributed by atoms with Crippen LogP contribution in [0.5, 0.6) is 5.75 Å². The van der Waals surface area contributed by atoms with Crippen molar-refractivity contribution in [3.05, 3.63) is 65.8 Å². The van der Waals surface area contributed by atoms with Crippen LogP contribution in [-0.4, -0.2) is 53.4 Å². The number of carbonyl (C=O) groups excluding carboxylic acids is 1. The molecule has 7 heteroatoms. The van der Waals surface area contributed by atoms with Gasteiger partial charge < -0.3 is 23.4 Å². The van der Waals surface area contributed by atoms with Gasteiger partial charge in [-0.15, -0.1) is 0 Å². The highest BCUT2D eigenvalue weighted by Gasteiger charge is 2.40. The number of hydrogen-bond acceptors (Lipinski definition) is 6. The second kappa shape index (κ2) is 13.9. The van der Waals surface area contributed by atoms with Gasteiger partial charge >= 0.3 is 5.97 Å². The van der Waals surface area contributed by atoms with Crippen LogP contribution in [0.2, 0.25) is 18.1 Å². The minimum Gasteiger partial charge on any atom is -0.497 e. The normalized spacial score (nSPS) is 18.8. The Balaban J connectivity index is 2.31. The van der Waals surface area contributed by atoms with Crippen molar-refractivity contribution in [3.63, 3.8) is 0 Å². The Kier molecular flexibility index (Phi) is 11.6. The fourth-order valence-electron chi connectivity index (χ4n) is 3.48. The summed E-state index contributed by atoms with van der Waals surface area (Å²) in [5.74, 6) is 0.411. The minimum atomic E-state index is -2.14. The summed E-state index contributed by atoms with van der Waals surface area (Å²) >= 11 is 0. The number of rotatable bonds is 12. The second-order valence-corrected chi connectivity index (χ2v) is 15.5. The van der Waals surface area contributed by atoms with Crippen molar-refractivity contribution in [1.29, 1.82) is 0 Å². The average Bonchev–Trinajstić information content (AvgIpc) is 2.83. The van der Waals surface area contributed by atoms with Crippen molar-refractivity contribution in [1.82, 2.24) is 0 Å². The van der Waals surface area contributed by atoms with Crippen LogP contribution in [-0.2, 0) is 30.0 Å². The smallest absolute Gasteiger partial charge is 0.330 e. The van der Waals surface area contributed by atoms with Gasteiger partial charge in [-0.2, -0.15) is 0 Å². The molecule has 0 radical (unpaired) electrons. The molecule has 0 spiro atoms. The van der Waals surface area contributed by atoms with Gasteiger partial charge in [0, 0.05) is 6.08 Å². The predicted molar refractivity (Wildman–Crippen MR) is 147 cm³/mol. The molecule has 2 rings (SSSR count). The number of methoxy groups -OCH3 is 2. The van der Waals surface area contributed by atoms with E-state index < -0.39 is 8.32 Å². The molecule has 200 valence electrons. The molecule has 3 atom stereocenters. The first-order chi connectivity index (χ1) is 16.9. The second-order valence-electron chi connectivity index (χ2n) is 10.7. The summed E-state index contributed by atoms with van der Waals surface area (Å²) in [7, 11) is 0.887. The van der Waals surface area contributed by atoms with Crippen LogP contribution >= 0.6 is 0 Å². The molecule has 1 heterocycles. The van der Waals surface area contributed by atoms with Crippen molar-refractivity contribution in [2.45, 2.75) is 83.6 Å². The van der Waals surface area contributed by atoms with E-state index in [9.17, 15) is 4.79 Å². The van der Waals surface area contributed by atoms with E-state index >= 15 is 0 Å². The van der Waals surface area contributed by atoms with Crippen LogP contribution < -0.4 is 4.74 Å². The third-order valence-corrected chi connectivity index (χ3v) is 11.3. The van der Waals surface area contributed by atoms with E-state index in [2.05, 4.69) is 59.0 Å². The molecule has 0 aliphatic carbocycles. The first-order valence-electron chi connectivity index (χ1n) is 12.6. The third-order valence-electron chi connectivity index (χ3n) is 6.83. The molecule has 0 aromatic heterocycles. The van der Waals surface area contributed by atoms with Crippen LogP contribution in [0.25, 0.3) is 0 Å². The van der Waals surface area contributed by atoms with Crippen LogP contribution in [0.1, 0.15) is 46.1 Å². The van der Waals surface area contributed by atoms with E-state index in [4.69, 9.17) is 23.4 Å². The molecular weight excluding hydrogens is 472 g/mol. The minimum absolute atomic E-state index is 0.00775. The molecular formula is C29H44O6Si. The van der Waals surface area contributed by atoms with Gasteiger partial charge in [-0.05, 0) is 55.6 Å². The van der Waals surface area contributed by atoms with Gasteiger partial charge in [0.2, 0.25) is 0 Å². The SMILES string of the molecule is COC(=O)/C=C/C[C@H](OCc1ccc(OC)cc1)C(/C=C/[C@@H]1CC(C)=CCO1)O[Si](C)(C)C(C)(C)C. The van der Waals surface area contributed by atoms with E-state index in [1.165, 1.54) is 18.8 Å². The van der Waals surface area contributed by atoms with Crippen molar-refractivity contribution in [2.24, 2.45) is 0 Å². The molecule has 1 aliphatic rings. The zero-order valence-electron chi connectivity index (χ0n) is 23.2. The zero-order valence-corrected chi connectivity index (χ0v) is 24.2. The molecule has 1 aliphatic heterocycles. The van der Waals surface area contributed by atoms with Crippen LogP contribution in [0.15, 0.2) is 60.2 Å². The van der Waals surface area contributed by atoms with Crippen LogP contribution in [0, 0.1) is 0 Å². The topological polar surface area (TPSA) is 63.2 Å². The number of ether oxygens (including phenoxy) is 4. The standard InChI is InChI=1S/C29H44O6Si/c1-22-18-19-33-25(20-22)16-17-27(35-36(7,8)29(2,3)4)26(10-9-11-28(30)32-6)34-21-23-12-14-24(31-5)15-13-23/h9,11-18,25-27H,10,19-21H2,1-8H3/b11-9+,17-16+/t25-,26+,27?/m1/s1. The number of hydrogen-bond donors (Lipinski definition) is 0. The molecule has 6 nitrogen and oxygen atoms in total. The van der Waals surface area contributed by atoms with Crippen molar-refractivity contribution in [2.75, 3.05) is 20.8 Å². The molecule has 0 saturated heterocycles. The lowest BCUT2D eigenvalue weighted by atomic mass is 10.0. The summed E-state index contributed by atoms with van der Waals surface area (Å²) < 4.78 is 29.3. The monoisotopic (exact) mass is 516 g/mol. The first kappa shape index (κ1) is 30.0. The molecule has 1 aromatic carbocycles. The summed E-state index contributed by atoms with van der Waals surface area (Å²) in [5.41, 5.74) is 2.36. The number of esters is 1. The Morgan fingerprint density at radius 1 is 1.19 bits per heavy atom. The molecule has 0 N–H and O–H groups in total. The van der Waals surface area contributed by atoms with E-state index in [1.807, 2.05) is 24.3 Å². The van der Waals surface area contributed by atoms with Gasteiger partial charge in [0.05, 0.1) is 45.7 Å². The Bertz CT molecular complexity index is 911. The third kappa shape index (κ3) is 9.69. The van der Waals surface area contributed by atoms with Crippen LogP contribution in [0.3, 0.4) is 0 Å². The van der Waals surface area contributed by atoms with E-state index in [0.717, 1.165) is 17.7 Å². The summed E-state index contributed by atoms with van der Waals surface area (Å²) in [6.07, 6.45) is 10.3. The van der Waals surface area contributed by atoms with E-state index in [0.29, 0.717) is 19.6 Å². The number of carbonyl (C=O) groups is 1. The Morgan fingerprint density at radius 3 is 2.47 bits per heavy atom. The number of benzene rings is 1. The van der Waals surface area contributed by atoms with Gasteiger partial charge in [-0.1, -0.05) is 62.8 Å². The largest absolute Gasteiger partial charge is 0.497 e. The van der Waals surface area contributed by atoms with Gasteiger partial charge in [-0.3, -0.25) is 0 Å². The van der Waals surface area contributed by atoms with Crippen molar-refractivity contribution < 1.29 is 28.2 Å². The van der Waals surface area contributed by atoms with Gasteiger partial charge in [0.25, 0.3) is 0 Å². The summed E-state index contributed by atoms with van der Waals surface area (Å²) in [5, 5.41) is 0.0299. The summed E-state index contributed by atoms with van der Waals surface area (Å²) in [4.78, 5) is 11.7. The Morgan fingerprint density at radius 2 is 1.89 bits per heavy atom. The maximum atomic E-state index is 11.7. The quantitative estimate of drug-likeness (QED) is 0.139. The molecule has 36 heavy (non-hydrogen) atoms. The van der Waals surface area contributed by atoms with E-state index in [-0.39, 0.29) is 29.3 Å². The Labute approximate surface area is 218 Å². The maximum Gasteiger partial charge on any atom is 0.330 e. The fourth-order valence-corrected chi connectivity index (χ4v) is 4.74. The lowest BCUT2D eigenvalue weighted by Crippen LogP contribution is -2.47. The predicted octanol–water partition coefficient (Wildman–Crippen LogP) is 6.38. The fraction of sp³-hybridized carbons (Fsp3) is 0.552. The molecule has 0 fully saturated rings. The average molecular weight is 517 g/mol. The lowest BCUT2D eigenvalue weighted by Gasteiger charge is -2.40.